The molecule has 0 spiro atoms. The van der Waals surface area contributed by atoms with Crippen LogP contribution >= 0.6 is 0 Å². The Morgan fingerprint density at radius 3 is 1.55 bits per heavy atom. The molecule has 58 heavy (non-hydrogen) atoms. The minimum atomic E-state index is -1.89. The van der Waals surface area contributed by atoms with Gasteiger partial charge in [0, 0.05) is 27.7 Å². The van der Waals surface area contributed by atoms with Gasteiger partial charge < -0.3 is 73.6 Å². The molecule has 7 N–H and O–H groups in total. The Morgan fingerprint density at radius 1 is 0.586 bits per heavy atom. The van der Waals surface area contributed by atoms with Crippen LogP contribution in [0.4, 0.5) is 0 Å². The van der Waals surface area contributed by atoms with Crippen molar-refractivity contribution >= 4 is 29.8 Å². The lowest BCUT2D eigenvalue weighted by Crippen LogP contribution is -2.66. The third kappa shape index (κ3) is 17.7. The number of esters is 4. The van der Waals surface area contributed by atoms with Crippen LogP contribution in [0.3, 0.4) is 0 Å². The Bertz CT molecular complexity index is 1250. The molecule has 0 aromatic heterocycles. The Balaban J connectivity index is 2.07. The van der Waals surface area contributed by atoms with Crippen molar-refractivity contribution in [3.05, 3.63) is 0 Å². The van der Waals surface area contributed by atoms with E-state index in [2.05, 4.69) is 0 Å². The fraction of sp³-hybridized carbons (Fsp3) is 0.868. The molecule has 0 aliphatic carbocycles. The summed E-state index contributed by atoms with van der Waals surface area (Å²) in [5.41, 5.74) is 0. The van der Waals surface area contributed by atoms with E-state index in [0.29, 0.717) is 12.8 Å². The van der Waals surface area contributed by atoms with E-state index in [1.807, 2.05) is 0 Å². The highest BCUT2D eigenvalue weighted by Crippen LogP contribution is 2.34. The highest BCUT2D eigenvalue weighted by molar-refractivity contribution is 5.71. The molecule has 2 fully saturated rings. The van der Waals surface area contributed by atoms with Gasteiger partial charge in [-0.05, 0) is 12.8 Å². The van der Waals surface area contributed by atoms with Crippen LogP contribution in [-0.4, -0.2) is 165 Å². The summed E-state index contributed by atoms with van der Waals surface area (Å²) in [6.07, 6.45) is -9.63. The highest BCUT2D eigenvalue weighted by atomic mass is 16.8. The maximum atomic E-state index is 12.2. The Morgan fingerprint density at radius 2 is 1.07 bits per heavy atom. The molecule has 0 radical (unpaired) electrons. The van der Waals surface area contributed by atoms with Crippen LogP contribution in [0.15, 0.2) is 0 Å². The monoisotopic (exact) mass is 840 g/mol. The first-order valence-corrected chi connectivity index (χ1v) is 19.9. The SMILES string of the molecule is CC(=O)OC[C@H]1O[C@@H](OC(CCCCCCCCCCCCCC(O)C(=O)O)C(O)CO)[C@H](O)[C@@H](O)[C@@H]1O[C@@H]1O[C@H](CO)[C@@H](OC(C)=O)[C@H](OC(C)=O)[C@H]1OC(C)=O. The first-order valence-electron chi connectivity index (χ1n) is 19.9. The largest absolute Gasteiger partial charge is 0.479 e. The molecular formula is C38H64O20. The second kappa shape index (κ2) is 26.9. The molecule has 0 saturated carbocycles. The van der Waals surface area contributed by atoms with E-state index in [4.69, 9.17) is 43.0 Å². The number of aliphatic carboxylic acids is 1. The maximum absolute atomic E-state index is 12.2. The molecule has 20 heteroatoms. The number of unbranched alkanes of at least 4 members (excludes halogenated alkanes) is 10. The van der Waals surface area contributed by atoms with Gasteiger partial charge in [0.15, 0.2) is 37.0 Å². The van der Waals surface area contributed by atoms with Gasteiger partial charge in [-0.25, -0.2) is 4.79 Å². The first kappa shape index (κ1) is 51.1. The summed E-state index contributed by atoms with van der Waals surface area (Å²) in [5.74, 6) is -4.56. The van der Waals surface area contributed by atoms with Crippen molar-refractivity contribution in [3.8, 4) is 0 Å². The molecule has 2 aliphatic rings. The first-order chi connectivity index (χ1) is 27.5. The number of aliphatic hydroxyl groups excluding tert-OH is 6. The van der Waals surface area contributed by atoms with Gasteiger partial charge in [-0.1, -0.05) is 70.6 Å². The molecule has 13 atom stereocenters. The van der Waals surface area contributed by atoms with Crippen molar-refractivity contribution < 1.29 is 97.6 Å². The van der Waals surface area contributed by atoms with Gasteiger partial charge >= 0.3 is 29.8 Å². The fourth-order valence-corrected chi connectivity index (χ4v) is 6.82. The summed E-state index contributed by atoms with van der Waals surface area (Å²) in [6.45, 7) is 2.19. The van der Waals surface area contributed by atoms with Crippen LogP contribution < -0.4 is 0 Å². The summed E-state index contributed by atoms with van der Waals surface area (Å²) < 4.78 is 44.8. The third-order valence-electron chi connectivity index (χ3n) is 9.74. The predicted octanol–water partition coefficient (Wildman–Crippen LogP) is 0.149. The number of carboxylic acid groups (broad SMARTS) is 1. The molecule has 0 bridgehead atoms. The summed E-state index contributed by atoms with van der Waals surface area (Å²) >= 11 is 0. The lowest BCUT2D eigenvalue weighted by Gasteiger charge is -2.48. The van der Waals surface area contributed by atoms with Crippen LogP contribution in [-0.2, 0) is 61.9 Å². The maximum Gasteiger partial charge on any atom is 0.332 e. The van der Waals surface area contributed by atoms with Crippen LogP contribution in [0.25, 0.3) is 0 Å². The molecule has 0 amide bonds. The van der Waals surface area contributed by atoms with Crippen LogP contribution in [0.5, 0.6) is 0 Å². The topological polar surface area (TPSA) is 301 Å². The third-order valence-corrected chi connectivity index (χ3v) is 9.74. The van der Waals surface area contributed by atoms with E-state index in [1.54, 1.807) is 0 Å². The molecule has 2 saturated heterocycles. The quantitative estimate of drug-likeness (QED) is 0.0329. The van der Waals surface area contributed by atoms with E-state index < -0.39 is 129 Å². The summed E-state index contributed by atoms with van der Waals surface area (Å²) in [4.78, 5) is 58.7. The van der Waals surface area contributed by atoms with Gasteiger partial charge in [-0.3, -0.25) is 19.2 Å². The number of carboxylic acids is 1. The van der Waals surface area contributed by atoms with E-state index in [-0.39, 0.29) is 12.8 Å². The van der Waals surface area contributed by atoms with Gasteiger partial charge in [0.2, 0.25) is 0 Å². The van der Waals surface area contributed by atoms with Gasteiger partial charge in [0.1, 0.15) is 43.2 Å². The molecular weight excluding hydrogens is 776 g/mol. The molecule has 20 nitrogen and oxygen atoms in total. The van der Waals surface area contributed by atoms with Crippen LogP contribution in [0, 0.1) is 0 Å². The van der Waals surface area contributed by atoms with E-state index in [0.717, 1.165) is 85.5 Å². The molecule has 336 valence electrons. The summed E-state index contributed by atoms with van der Waals surface area (Å²) in [5, 5.41) is 71.1. The number of carbonyl (C=O) groups is 5. The van der Waals surface area contributed by atoms with Gasteiger partial charge in [0.25, 0.3) is 0 Å². The van der Waals surface area contributed by atoms with Crippen molar-refractivity contribution in [2.75, 3.05) is 19.8 Å². The Hall–Kier alpha value is -3.05. The zero-order valence-corrected chi connectivity index (χ0v) is 33.8. The predicted molar refractivity (Wildman–Crippen MR) is 196 cm³/mol. The minimum absolute atomic E-state index is 0.249. The Labute approximate surface area is 338 Å². The second-order valence-electron chi connectivity index (χ2n) is 14.6. The zero-order chi connectivity index (χ0) is 43.4. The second-order valence-corrected chi connectivity index (χ2v) is 14.6. The average Bonchev–Trinajstić information content (AvgIpc) is 3.15. The number of hydrogen-bond donors (Lipinski definition) is 7. The number of hydrogen-bond acceptors (Lipinski definition) is 19. The molecule has 3 unspecified atom stereocenters. The lowest BCUT2D eigenvalue weighted by atomic mass is 9.96. The molecule has 2 heterocycles. The van der Waals surface area contributed by atoms with Crippen molar-refractivity contribution in [2.45, 2.75) is 191 Å². The van der Waals surface area contributed by atoms with Gasteiger partial charge in [-0.15, -0.1) is 0 Å². The highest BCUT2D eigenvalue weighted by Gasteiger charge is 2.55. The van der Waals surface area contributed by atoms with Gasteiger partial charge in [0.05, 0.1) is 19.3 Å². The van der Waals surface area contributed by atoms with E-state index >= 15 is 0 Å². The van der Waals surface area contributed by atoms with E-state index in [9.17, 15) is 54.6 Å². The van der Waals surface area contributed by atoms with Crippen molar-refractivity contribution in [1.29, 1.82) is 0 Å². The van der Waals surface area contributed by atoms with Crippen LogP contribution in [0.2, 0.25) is 0 Å². The van der Waals surface area contributed by atoms with Gasteiger partial charge in [-0.2, -0.15) is 0 Å². The lowest BCUT2D eigenvalue weighted by molar-refractivity contribution is -0.365. The number of rotatable bonds is 27. The normalized spacial score (nSPS) is 28.8. The fourth-order valence-electron chi connectivity index (χ4n) is 6.82. The Kier molecular flexibility index (Phi) is 23.7. The zero-order valence-electron chi connectivity index (χ0n) is 33.8. The van der Waals surface area contributed by atoms with E-state index in [1.165, 1.54) is 0 Å². The summed E-state index contributed by atoms with van der Waals surface area (Å²) in [6, 6.07) is 0. The molecule has 0 aromatic rings. The van der Waals surface area contributed by atoms with Crippen molar-refractivity contribution in [2.24, 2.45) is 0 Å². The number of carbonyl (C=O) groups excluding carboxylic acids is 4. The van der Waals surface area contributed by atoms with Crippen molar-refractivity contribution in [1.82, 2.24) is 0 Å². The standard InChI is InChI=1S/C38H64O20/c1-21(41)51-20-29-32(58-38-35(54-24(4)44)34(53-23(3)43)33(52-22(2)42)28(19-40)56-38)30(47)31(48)37(57-29)55-27(26(46)18-39)17-15-13-11-9-7-5-6-8-10-12-14-16-25(45)36(49)50/h25-35,37-40,45-48H,5-20H2,1-4H3,(H,49,50)/t25?,26?,27?,28-,29-,30-,31-,32-,33-,34+,35-,37-,38+/m1/s1. The molecule has 2 rings (SSSR count). The summed E-state index contributed by atoms with van der Waals surface area (Å²) in [7, 11) is 0. The molecule has 0 aromatic carbocycles. The average molecular weight is 841 g/mol. The number of ether oxygens (including phenoxy) is 8. The smallest absolute Gasteiger partial charge is 0.332 e. The molecule has 2 aliphatic heterocycles. The van der Waals surface area contributed by atoms with Crippen molar-refractivity contribution in [3.63, 3.8) is 0 Å². The number of aliphatic hydroxyl groups is 6. The minimum Gasteiger partial charge on any atom is -0.479 e. The van der Waals surface area contributed by atoms with Crippen LogP contribution in [0.1, 0.15) is 111 Å².